The largest absolute Gasteiger partial charge is 0.494 e. The number of nitrogens with zero attached hydrogens (tertiary/aromatic N) is 1. The third kappa shape index (κ3) is 5.90. The second-order valence-electron chi connectivity index (χ2n) is 6.17. The van der Waals surface area contributed by atoms with Gasteiger partial charge in [0.05, 0.1) is 6.61 Å². The molecule has 4 heteroatoms. The molecule has 0 aliphatic rings. The summed E-state index contributed by atoms with van der Waals surface area (Å²) in [5.74, 6) is 0.902. The van der Waals surface area contributed by atoms with Gasteiger partial charge in [-0.15, -0.1) is 12.6 Å². The Labute approximate surface area is 160 Å². The Morgan fingerprint density at radius 3 is 2.50 bits per heavy atom. The molecule has 3 aromatic rings. The first kappa shape index (κ1) is 18.5. The molecule has 134 valence electrons. The van der Waals surface area contributed by atoms with E-state index in [-0.39, 0.29) is 0 Å². The number of nitrogens with one attached hydrogen (secondary N) is 1. The lowest BCUT2D eigenvalue weighted by molar-refractivity contribution is 0.305. The summed E-state index contributed by atoms with van der Waals surface area (Å²) in [5, 5.41) is 3.48. The Morgan fingerprint density at radius 2 is 1.69 bits per heavy atom. The number of ether oxygens (including phenoxy) is 1. The van der Waals surface area contributed by atoms with Crippen molar-refractivity contribution in [3.63, 3.8) is 0 Å². The van der Waals surface area contributed by atoms with E-state index in [1.807, 2.05) is 42.7 Å². The van der Waals surface area contributed by atoms with Gasteiger partial charge in [-0.05, 0) is 60.8 Å². The van der Waals surface area contributed by atoms with Gasteiger partial charge in [0.25, 0.3) is 0 Å². The summed E-state index contributed by atoms with van der Waals surface area (Å²) < 4.78 is 5.72. The average Bonchev–Trinajstić information content (AvgIpc) is 2.69. The second-order valence-corrected chi connectivity index (χ2v) is 6.69. The van der Waals surface area contributed by atoms with Crippen molar-refractivity contribution in [2.75, 3.05) is 13.2 Å². The highest BCUT2D eigenvalue weighted by molar-refractivity contribution is 7.80. The van der Waals surface area contributed by atoms with Crippen molar-refractivity contribution >= 4 is 12.6 Å². The van der Waals surface area contributed by atoms with E-state index >= 15 is 0 Å². The fraction of sp³-hybridized carbons (Fsp3) is 0.227. The number of pyridine rings is 1. The maximum Gasteiger partial charge on any atom is 0.119 e. The molecule has 0 aliphatic carbocycles. The topological polar surface area (TPSA) is 34.1 Å². The molecule has 0 amide bonds. The Bertz CT molecular complexity index is 791. The normalized spacial score (nSPS) is 10.7. The van der Waals surface area contributed by atoms with Crippen LogP contribution in [0.15, 0.2) is 78.0 Å². The number of hydrogen-bond donors (Lipinski definition) is 2. The lowest BCUT2D eigenvalue weighted by atomic mass is 10.1. The van der Waals surface area contributed by atoms with E-state index in [2.05, 4.69) is 53.3 Å². The van der Waals surface area contributed by atoms with Crippen LogP contribution in [-0.4, -0.2) is 18.1 Å². The van der Waals surface area contributed by atoms with E-state index in [1.165, 1.54) is 11.1 Å². The summed E-state index contributed by atoms with van der Waals surface area (Å²) in [4.78, 5) is 5.31. The van der Waals surface area contributed by atoms with Gasteiger partial charge in [0, 0.05) is 29.4 Å². The lowest BCUT2D eigenvalue weighted by Gasteiger charge is -2.08. The number of benzene rings is 2. The van der Waals surface area contributed by atoms with Crippen molar-refractivity contribution in [3.05, 3.63) is 78.6 Å². The van der Waals surface area contributed by atoms with Crippen molar-refractivity contribution in [2.45, 2.75) is 24.3 Å². The van der Waals surface area contributed by atoms with Crippen molar-refractivity contribution in [2.24, 2.45) is 0 Å². The van der Waals surface area contributed by atoms with Gasteiger partial charge in [-0.2, -0.15) is 0 Å². The minimum absolute atomic E-state index is 0.735. The summed E-state index contributed by atoms with van der Waals surface area (Å²) in [5.41, 5.74) is 3.56. The molecular formula is C22H24N2OS. The second kappa shape index (κ2) is 10.00. The number of rotatable bonds is 9. The molecule has 3 rings (SSSR count). The highest BCUT2D eigenvalue weighted by Gasteiger charge is 2.00. The van der Waals surface area contributed by atoms with Gasteiger partial charge >= 0.3 is 0 Å². The molecule has 0 saturated carbocycles. The van der Waals surface area contributed by atoms with Gasteiger partial charge in [0.15, 0.2) is 0 Å². The van der Waals surface area contributed by atoms with E-state index < -0.39 is 0 Å². The number of unbranched alkanes of at least 4 members (excludes halogenated alkanes) is 1. The molecule has 0 unspecified atom stereocenters. The van der Waals surface area contributed by atoms with Crippen molar-refractivity contribution in [3.8, 4) is 16.9 Å². The van der Waals surface area contributed by atoms with E-state index in [9.17, 15) is 0 Å². The Balaban J connectivity index is 1.34. The van der Waals surface area contributed by atoms with Crippen LogP contribution < -0.4 is 10.1 Å². The summed E-state index contributed by atoms with van der Waals surface area (Å²) in [6.45, 7) is 2.53. The Morgan fingerprint density at radius 1 is 0.885 bits per heavy atom. The molecule has 1 N–H and O–H groups in total. The lowest BCUT2D eigenvalue weighted by Crippen LogP contribution is -2.15. The minimum Gasteiger partial charge on any atom is -0.494 e. The monoisotopic (exact) mass is 364 g/mol. The third-order valence-corrected chi connectivity index (χ3v) is 4.38. The van der Waals surface area contributed by atoms with E-state index in [0.29, 0.717) is 0 Å². The van der Waals surface area contributed by atoms with E-state index in [4.69, 9.17) is 4.74 Å². The van der Waals surface area contributed by atoms with Crippen molar-refractivity contribution in [1.82, 2.24) is 10.3 Å². The first-order valence-electron chi connectivity index (χ1n) is 8.93. The summed E-state index contributed by atoms with van der Waals surface area (Å²) in [6.07, 6.45) is 5.94. The highest BCUT2D eigenvalue weighted by atomic mass is 32.1. The quantitative estimate of drug-likeness (QED) is 0.415. The number of thiol groups is 1. The molecule has 0 spiro atoms. The van der Waals surface area contributed by atoms with Crippen LogP contribution in [0.5, 0.6) is 5.75 Å². The van der Waals surface area contributed by atoms with Crippen LogP contribution in [0.3, 0.4) is 0 Å². The van der Waals surface area contributed by atoms with E-state index in [1.54, 1.807) is 0 Å². The SMILES string of the molecule is Sc1ccc(OCCCCNCc2cncc(-c3ccccc3)c2)cc1. The van der Waals surface area contributed by atoms with Gasteiger partial charge in [-0.1, -0.05) is 30.3 Å². The molecule has 0 fully saturated rings. The van der Waals surface area contributed by atoms with Crippen LogP contribution >= 0.6 is 12.6 Å². The predicted octanol–water partition coefficient (Wildman–Crippen LogP) is 4.99. The fourth-order valence-corrected chi connectivity index (χ4v) is 2.84. The molecule has 26 heavy (non-hydrogen) atoms. The van der Waals surface area contributed by atoms with Crippen molar-refractivity contribution < 1.29 is 4.74 Å². The summed E-state index contributed by atoms with van der Waals surface area (Å²) >= 11 is 4.27. The molecule has 1 aromatic heterocycles. The maximum absolute atomic E-state index is 5.72. The van der Waals surface area contributed by atoms with Gasteiger partial charge < -0.3 is 10.1 Å². The zero-order valence-corrected chi connectivity index (χ0v) is 15.7. The van der Waals surface area contributed by atoms with E-state index in [0.717, 1.165) is 48.7 Å². The zero-order chi connectivity index (χ0) is 18.0. The summed E-state index contributed by atoms with van der Waals surface area (Å²) in [7, 11) is 0. The molecule has 2 aromatic carbocycles. The highest BCUT2D eigenvalue weighted by Crippen LogP contribution is 2.18. The van der Waals surface area contributed by atoms with Crippen LogP contribution in [0.4, 0.5) is 0 Å². The zero-order valence-electron chi connectivity index (χ0n) is 14.8. The first-order chi connectivity index (χ1) is 12.8. The Hall–Kier alpha value is -2.30. The van der Waals surface area contributed by atoms with Gasteiger partial charge in [-0.25, -0.2) is 0 Å². The van der Waals surface area contributed by atoms with Gasteiger partial charge in [0.1, 0.15) is 5.75 Å². The van der Waals surface area contributed by atoms with Crippen LogP contribution in [0.1, 0.15) is 18.4 Å². The summed E-state index contributed by atoms with van der Waals surface area (Å²) in [6, 6.07) is 20.3. The minimum atomic E-state index is 0.735. The van der Waals surface area contributed by atoms with Crippen LogP contribution in [0.25, 0.3) is 11.1 Å². The van der Waals surface area contributed by atoms with Crippen LogP contribution in [0, 0.1) is 0 Å². The predicted molar refractivity (Wildman–Crippen MR) is 110 cm³/mol. The smallest absolute Gasteiger partial charge is 0.119 e. The maximum atomic E-state index is 5.72. The molecule has 1 heterocycles. The number of aromatic nitrogens is 1. The average molecular weight is 365 g/mol. The fourth-order valence-electron chi connectivity index (χ4n) is 2.69. The standard InChI is InChI=1S/C22H24N2OS/c26-22-10-8-21(9-11-22)25-13-5-4-12-23-15-18-14-20(17-24-16-18)19-6-2-1-3-7-19/h1-3,6-11,14,16-17,23,26H,4-5,12-13,15H2. The first-order valence-corrected chi connectivity index (χ1v) is 9.38. The van der Waals surface area contributed by atoms with Gasteiger partial charge in [0.2, 0.25) is 0 Å². The Kier molecular flexibility index (Phi) is 7.11. The van der Waals surface area contributed by atoms with Crippen molar-refractivity contribution in [1.29, 1.82) is 0 Å². The molecule has 3 nitrogen and oxygen atoms in total. The third-order valence-electron chi connectivity index (χ3n) is 4.08. The molecule has 0 radical (unpaired) electrons. The number of hydrogen-bond acceptors (Lipinski definition) is 4. The van der Waals surface area contributed by atoms with Gasteiger partial charge in [-0.3, -0.25) is 4.98 Å². The molecule has 0 bridgehead atoms. The van der Waals surface area contributed by atoms with Crippen LogP contribution in [-0.2, 0) is 6.54 Å². The molecule has 0 saturated heterocycles. The molecule has 0 aliphatic heterocycles. The molecular weight excluding hydrogens is 340 g/mol. The van der Waals surface area contributed by atoms with Crippen LogP contribution in [0.2, 0.25) is 0 Å². The molecule has 0 atom stereocenters.